The van der Waals surface area contributed by atoms with Crippen molar-refractivity contribution >= 4 is 23.4 Å². The molecule has 0 radical (unpaired) electrons. The van der Waals surface area contributed by atoms with E-state index in [0.29, 0.717) is 18.8 Å². The van der Waals surface area contributed by atoms with Crippen LogP contribution in [0.5, 0.6) is 0 Å². The number of carbonyl (C=O) groups is 1. The number of hydrogen-bond donors (Lipinski definition) is 2. The van der Waals surface area contributed by atoms with Crippen LogP contribution < -0.4 is 10.6 Å². The molecule has 0 aromatic heterocycles. The molecule has 0 bridgehead atoms. The zero-order valence-corrected chi connectivity index (χ0v) is 9.97. The average molecular weight is 259 g/mol. The Morgan fingerprint density at radius 1 is 1.59 bits per heavy atom. The maximum Gasteiger partial charge on any atom is 0.412 e. The van der Waals surface area contributed by atoms with Crippen molar-refractivity contribution in [3.05, 3.63) is 28.5 Å². The number of hydrogen-bond acceptors (Lipinski definition) is 3. The molecule has 1 aromatic rings. The summed E-state index contributed by atoms with van der Waals surface area (Å²) in [6.45, 7) is 2.98. The van der Waals surface area contributed by atoms with Crippen LogP contribution in [0.4, 0.5) is 14.9 Å². The predicted molar refractivity (Wildman–Crippen MR) is 62.8 cm³/mol. The molecule has 1 heterocycles. The van der Waals surface area contributed by atoms with Crippen LogP contribution in [0.3, 0.4) is 0 Å². The first-order chi connectivity index (χ1) is 8.13. The minimum atomic E-state index is -0.655. The second kappa shape index (κ2) is 4.89. The number of anilines is 1. The van der Waals surface area contributed by atoms with Crippen molar-refractivity contribution in [3.8, 4) is 0 Å². The molecule has 2 N–H and O–H groups in total. The SMILES string of the molecule is CCNCC1OC(=O)Nc2ccc(Cl)c(F)c21. The van der Waals surface area contributed by atoms with Gasteiger partial charge in [0, 0.05) is 6.54 Å². The van der Waals surface area contributed by atoms with Crippen LogP contribution in [0.1, 0.15) is 18.6 Å². The number of benzene rings is 1. The van der Waals surface area contributed by atoms with E-state index in [1.165, 1.54) is 6.07 Å². The van der Waals surface area contributed by atoms with E-state index >= 15 is 0 Å². The Morgan fingerprint density at radius 2 is 2.35 bits per heavy atom. The molecule has 4 nitrogen and oxygen atoms in total. The van der Waals surface area contributed by atoms with Gasteiger partial charge in [0.15, 0.2) is 5.82 Å². The summed E-state index contributed by atoms with van der Waals surface area (Å²) >= 11 is 5.72. The first-order valence-electron chi connectivity index (χ1n) is 5.29. The van der Waals surface area contributed by atoms with Crippen LogP contribution in [0.15, 0.2) is 12.1 Å². The molecule has 0 saturated heterocycles. The molecule has 17 heavy (non-hydrogen) atoms. The summed E-state index contributed by atoms with van der Waals surface area (Å²) in [5.41, 5.74) is 0.698. The van der Waals surface area contributed by atoms with E-state index in [2.05, 4.69) is 10.6 Å². The first-order valence-corrected chi connectivity index (χ1v) is 5.67. The molecule has 2 rings (SSSR count). The summed E-state index contributed by atoms with van der Waals surface area (Å²) in [6.07, 6.45) is -1.24. The van der Waals surface area contributed by atoms with E-state index in [1.54, 1.807) is 6.07 Å². The fraction of sp³-hybridized carbons (Fsp3) is 0.364. The van der Waals surface area contributed by atoms with Gasteiger partial charge >= 0.3 is 6.09 Å². The van der Waals surface area contributed by atoms with Crippen molar-refractivity contribution in [1.82, 2.24) is 5.32 Å². The quantitative estimate of drug-likeness (QED) is 0.876. The lowest BCUT2D eigenvalue weighted by Gasteiger charge is -2.27. The van der Waals surface area contributed by atoms with Crippen LogP contribution in [0, 0.1) is 5.82 Å². The molecule has 6 heteroatoms. The lowest BCUT2D eigenvalue weighted by atomic mass is 10.0. The summed E-state index contributed by atoms with van der Waals surface area (Å²) in [6, 6.07) is 2.98. The van der Waals surface area contributed by atoms with Gasteiger partial charge in [0.05, 0.1) is 16.3 Å². The second-order valence-electron chi connectivity index (χ2n) is 3.65. The molecular formula is C11H12ClFN2O2. The Labute approximate surface area is 103 Å². The summed E-state index contributed by atoms with van der Waals surface area (Å²) in [7, 11) is 0. The Morgan fingerprint density at radius 3 is 3.06 bits per heavy atom. The van der Waals surface area contributed by atoms with Crippen molar-refractivity contribution < 1.29 is 13.9 Å². The maximum absolute atomic E-state index is 13.9. The van der Waals surface area contributed by atoms with Gasteiger partial charge in [-0.3, -0.25) is 5.32 Å². The third-order valence-electron chi connectivity index (χ3n) is 2.52. The highest BCUT2D eigenvalue weighted by molar-refractivity contribution is 6.31. The van der Waals surface area contributed by atoms with Gasteiger partial charge in [-0.1, -0.05) is 18.5 Å². The average Bonchev–Trinajstić information content (AvgIpc) is 2.30. The highest BCUT2D eigenvalue weighted by atomic mass is 35.5. The number of cyclic esters (lactones) is 1. The molecule has 1 atom stereocenters. The molecule has 0 spiro atoms. The van der Waals surface area contributed by atoms with Crippen molar-refractivity contribution in [2.24, 2.45) is 0 Å². The summed E-state index contributed by atoms with van der Waals surface area (Å²) in [5.74, 6) is -0.549. The van der Waals surface area contributed by atoms with E-state index in [1.807, 2.05) is 6.92 Å². The Hall–Kier alpha value is -1.33. The van der Waals surface area contributed by atoms with Gasteiger partial charge in [-0.2, -0.15) is 0 Å². The number of halogens is 2. The molecule has 0 fully saturated rings. The summed E-state index contributed by atoms with van der Waals surface area (Å²) < 4.78 is 18.9. The van der Waals surface area contributed by atoms with Crippen LogP contribution in [-0.4, -0.2) is 19.2 Å². The standard InChI is InChI=1S/C11H12ClFN2O2/c1-2-14-5-8-9-7(15-11(16)17-8)4-3-6(12)10(9)13/h3-4,8,14H,2,5H2,1H3,(H,15,16). The van der Waals surface area contributed by atoms with Crippen LogP contribution >= 0.6 is 11.6 Å². The molecule has 1 amide bonds. The van der Waals surface area contributed by atoms with E-state index in [4.69, 9.17) is 16.3 Å². The molecular weight excluding hydrogens is 247 g/mol. The second-order valence-corrected chi connectivity index (χ2v) is 4.06. The summed E-state index contributed by atoms with van der Waals surface area (Å²) in [4.78, 5) is 11.3. The minimum Gasteiger partial charge on any atom is -0.440 e. The Kier molecular flexibility index (Phi) is 3.49. The summed E-state index contributed by atoms with van der Waals surface area (Å²) in [5, 5.41) is 5.48. The van der Waals surface area contributed by atoms with E-state index in [0.717, 1.165) is 0 Å². The molecule has 1 aliphatic rings. The predicted octanol–water partition coefficient (Wildman–Crippen LogP) is 2.69. The fourth-order valence-corrected chi connectivity index (χ4v) is 1.90. The Bertz CT molecular complexity index is 453. The molecule has 1 aliphatic heterocycles. The Balaban J connectivity index is 2.39. The van der Waals surface area contributed by atoms with Crippen LogP contribution in [0.25, 0.3) is 0 Å². The fourth-order valence-electron chi connectivity index (χ4n) is 1.74. The number of amides is 1. The van der Waals surface area contributed by atoms with Crippen molar-refractivity contribution in [1.29, 1.82) is 0 Å². The smallest absolute Gasteiger partial charge is 0.412 e. The topological polar surface area (TPSA) is 50.4 Å². The number of ether oxygens (including phenoxy) is 1. The van der Waals surface area contributed by atoms with Crippen molar-refractivity contribution in [3.63, 3.8) is 0 Å². The van der Waals surface area contributed by atoms with Crippen molar-refractivity contribution in [2.45, 2.75) is 13.0 Å². The van der Waals surface area contributed by atoms with Gasteiger partial charge in [0.1, 0.15) is 6.10 Å². The number of likely N-dealkylation sites (N-methyl/N-ethyl adjacent to an activating group) is 1. The van der Waals surface area contributed by atoms with E-state index in [-0.39, 0.29) is 10.6 Å². The molecule has 0 saturated carbocycles. The van der Waals surface area contributed by atoms with E-state index in [9.17, 15) is 9.18 Å². The van der Waals surface area contributed by atoms with Gasteiger partial charge in [-0.25, -0.2) is 9.18 Å². The van der Waals surface area contributed by atoms with Gasteiger partial charge in [-0.15, -0.1) is 0 Å². The van der Waals surface area contributed by atoms with Gasteiger partial charge in [0.25, 0.3) is 0 Å². The minimum absolute atomic E-state index is 0.0185. The molecule has 1 aromatic carbocycles. The van der Waals surface area contributed by atoms with E-state index < -0.39 is 18.0 Å². The zero-order valence-electron chi connectivity index (χ0n) is 9.22. The molecule has 0 aliphatic carbocycles. The third-order valence-corrected chi connectivity index (χ3v) is 2.81. The van der Waals surface area contributed by atoms with Crippen LogP contribution in [0.2, 0.25) is 5.02 Å². The highest BCUT2D eigenvalue weighted by Crippen LogP contribution is 2.35. The number of carbonyl (C=O) groups excluding carboxylic acids is 1. The van der Waals surface area contributed by atoms with Crippen LogP contribution in [-0.2, 0) is 4.74 Å². The maximum atomic E-state index is 13.9. The highest BCUT2D eigenvalue weighted by Gasteiger charge is 2.30. The number of nitrogens with one attached hydrogen (secondary N) is 2. The van der Waals surface area contributed by atoms with Gasteiger partial charge in [-0.05, 0) is 18.7 Å². The lowest BCUT2D eigenvalue weighted by Crippen LogP contribution is -2.32. The lowest BCUT2D eigenvalue weighted by molar-refractivity contribution is 0.103. The molecule has 1 unspecified atom stereocenters. The normalized spacial score (nSPS) is 18.3. The zero-order chi connectivity index (χ0) is 12.4. The van der Waals surface area contributed by atoms with Gasteiger partial charge < -0.3 is 10.1 Å². The molecule has 92 valence electrons. The number of rotatable bonds is 3. The van der Waals surface area contributed by atoms with Gasteiger partial charge in [0.2, 0.25) is 0 Å². The monoisotopic (exact) mass is 258 g/mol. The largest absolute Gasteiger partial charge is 0.440 e. The number of fused-ring (bicyclic) bond motifs is 1. The third kappa shape index (κ3) is 2.35. The van der Waals surface area contributed by atoms with Crippen molar-refractivity contribution in [2.75, 3.05) is 18.4 Å². The first kappa shape index (κ1) is 12.1.